The fourth-order valence-corrected chi connectivity index (χ4v) is 3.57. The van der Waals surface area contributed by atoms with Gasteiger partial charge in [0, 0.05) is 31.1 Å². The Morgan fingerprint density at radius 3 is 2.59 bits per heavy atom. The molecule has 0 radical (unpaired) electrons. The van der Waals surface area contributed by atoms with Crippen LogP contribution in [0.25, 0.3) is 5.69 Å². The minimum Gasteiger partial charge on any atom is -0.379 e. The van der Waals surface area contributed by atoms with Crippen molar-refractivity contribution >= 4 is 5.91 Å². The Balaban J connectivity index is 1.51. The van der Waals surface area contributed by atoms with Gasteiger partial charge in [0.25, 0.3) is 5.91 Å². The number of hydrogen-bond donors (Lipinski definition) is 1. The molecule has 1 aromatic heterocycles. The lowest BCUT2D eigenvalue weighted by molar-refractivity contribution is -0.00925. The third-order valence-electron chi connectivity index (χ3n) is 5.51. The molecule has 0 spiro atoms. The van der Waals surface area contributed by atoms with E-state index in [1.54, 1.807) is 4.68 Å². The molecule has 1 saturated carbocycles. The summed E-state index contributed by atoms with van der Waals surface area (Å²) in [5, 5.41) is 7.86. The largest absolute Gasteiger partial charge is 0.379 e. The highest BCUT2D eigenvalue weighted by atomic mass is 16.5. The maximum Gasteiger partial charge on any atom is 0.270 e. The standard InChI is InChI=1S/C21H28N4O2/c1-21(2,24-10-12-27-13-11-24)15-22-20(26)19-14-18(16-8-9-16)23-25(19)17-6-4-3-5-7-17/h3-7,14,16H,8-13,15H2,1-2H3,(H,22,26). The van der Waals surface area contributed by atoms with E-state index in [2.05, 4.69) is 24.1 Å². The van der Waals surface area contributed by atoms with Gasteiger partial charge in [0.05, 0.1) is 24.6 Å². The van der Waals surface area contributed by atoms with E-state index >= 15 is 0 Å². The lowest BCUT2D eigenvalue weighted by Gasteiger charge is -2.40. The quantitative estimate of drug-likeness (QED) is 0.851. The monoisotopic (exact) mass is 368 g/mol. The maximum absolute atomic E-state index is 13.0. The zero-order valence-electron chi connectivity index (χ0n) is 16.1. The summed E-state index contributed by atoms with van der Waals surface area (Å²) in [5.41, 5.74) is 2.44. The predicted octanol–water partition coefficient (Wildman–Crippen LogP) is 2.59. The normalized spacial score (nSPS) is 18.4. The first kappa shape index (κ1) is 18.2. The fourth-order valence-electron chi connectivity index (χ4n) is 3.57. The molecule has 6 nitrogen and oxygen atoms in total. The van der Waals surface area contributed by atoms with E-state index in [-0.39, 0.29) is 11.4 Å². The highest BCUT2D eigenvalue weighted by Gasteiger charge is 2.31. The van der Waals surface area contributed by atoms with Crippen molar-refractivity contribution in [1.82, 2.24) is 20.0 Å². The second-order valence-corrected chi connectivity index (χ2v) is 8.07. The molecule has 2 aliphatic rings. The van der Waals surface area contributed by atoms with Gasteiger partial charge in [-0.05, 0) is 44.9 Å². The molecule has 0 bridgehead atoms. The second kappa shape index (κ2) is 7.44. The van der Waals surface area contributed by atoms with Crippen LogP contribution in [0.5, 0.6) is 0 Å². The van der Waals surface area contributed by atoms with Gasteiger partial charge < -0.3 is 10.1 Å². The summed E-state index contributed by atoms with van der Waals surface area (Å²) in [6.45, 7) is 8.23. The van der Waals surface area contributed by atoms with Crippen LogP contribution < -0.4 is 5.32 Å². The minimum atomic E-state index is -0.115. The first-order valence-corrected chi connectivity index (χ1v) is 9.81. The lowest BCUT2D eigenvalue weighted by atomic mass is 10.0. The number of carbonyl (C=O) groups excluding carboxylic acids is 1. The Morgan fingerprint density at radius 2 is 1.93 bits per heavy atom. The van der Waals surface area contributed by atoms with Crippen molar-refractivity contribution in [3.8, 4) is 5.69 Å². The highest BCUT2D eigenvalue weighted by Crippen LogP contribution is 2.39. The van der Waals surface area contributed by atoms with Crippen molar-refractivity contribution in [2.24, 2.45) is 0 Å². The number of carbonyl (C=O) groups is 1. The first-order valence-electron chi connectivity index (χ1n) is 9.81. The van der Waals surface area contributed by atoms with Crippen molar-refractivity contribution in [3.05, 3.63) is 47.8 Å². The van der Waals surface area contributed by atoms with Crippen molar-refractivity contribution < 1.29 is 9.53 Å². The van der Waals surface area contributed by atoms with E-state index in [1.807, 2.05) is 36.4 Å². The van der Waals surface area contributed by atoms with E-state index in [0.717, 1.165) is 50.5 Å². The van der Waals surface area contributed by atoms with Crippen LogP contribution in [0.4, 0.5) is 0 Å². The van der Waals surface area contributed by atoms with Gasteiger partial charge in [0.1, 0.15) is 5.69 Å². The van der Waals surface area contributed by atoms with E-state index in [9.17, 15) is 4.79 Å². The molecule has 144 valence electrons. The number of aromatic nitrogens is 2. The Hall–Kier alpha value is -2.18. The molecule has 2 fully saturated rings. The predicted molar refractivity (Wildman–Crippen MR) is 104 cm³/mol. The van der Waals surface area contributed by atoms with Crippen LogP contribution >= 0.6 is 0 Å². The molecule has 1 aliphatic carbocycles. The summed E-state index contributed by atoms with van der Waals surface area (Å²) in [5.74, 6) is 0.436. The number of hydrogen-bond acceptors (Lipinski definition) is 4. The van der Waals surface area contributed by atoms with Gasteiger partial charge in [-0.2, -0.15) is 5.10 Å². The van der Waals surface area contributed by atoms with Crippen LogP contribution in [0.1, 0.15) is 48.8 Å². The zero-order chi connectivity index (χ0) is 18.9. The summed E-state index contributed by atoms with van der Waals surface area (Å²) in [4.78, 5) is 15.4. The Bertz CT molecular complexity index is 790. The molecule has 1 amide bonds. The highest BCUT2D eigenvalue weighted by molar-refractivity contribution is 5.93. The molecular formula is C21H28N4O2. The average molecular weight is 368 g/mol. The summed E-state index contributed by atoms with van der Waals surface area (Å²) in [6.07, 6.45) is 2.33. The van der Waals surface area contributed by atoms with Crippen LogP contribution in [0.3, 0.4) is 0 Å². The zero-order valence-corrected chi connectivity index (χ0v) is 16.1. The molecule has 6 heteroatoms. The third kappa shape index (κ3) is 4.06. The number of rotatable bonds is 6. The van der Waals surface area contributed by atoms with Gasteiger partial charge >= 0.3 is 0 Å². The van der Waals surface area contributed by atoms with E-state index in [0.29, 0.717) is 18.2 Å². The summed E-state index contributed by atoms with van der Waals surface area (Å²) in [6, 6.07) is 11.8. The number of para-hydroxylation sites is 1. The molecule has 1 aliphatic heterocycles. The Kier molecular flexibility index (Phi) is 5.02. The maximum atomic E-state index is 13.0. The topological polar surface area (TPSA) is 59.4 Å². The van der Waals surface area contributed by atoms with Gasteiger partial charge in [0.2, 0.25) is 0 Å². The van der Waals surface area contributed by atoms with Gasteiger partial charge in [-0.15, -0.1) is 0 Å². The number of amides is 1. The van der Waals surface area contributed by atoms with Crippen molar-refractivity contribution in [3.63, 3.8) is 0 Å². The number of nitrogens with one attached hydrogen (secondary N) is 1. The summed E-state index contributed by atoms with van der Waals surface area (Å²) in [7, 11) is 0. The lowest BCUT2D eigenvalue weighted by Crippen LogP contribution is -2.55. The van der Waals surface area contributed by atoms with E-state index in [4.69, 9.17) is 9.84 Å². The van der Waals surface area contributed by atoms with Gasteiger partial charge in [0.15, 0.2) is 0 Å². The van der Waals surface area contributed by atoms with Crippen molar-refractivity contribution in [1.29, 1.82) is 0 Å². The Labute approximate surface area is 160 Å². The molecule has 2 aromatic rings. The second-order valence-electron chi connectivity index (χ2n) is 8.07. The van der Waals surface area contributed by atoms with Crippen LogP contribution in [-0.2, 0) is 4.74 Å². The first-order chi connectivity index (χ1) is 13.0. The molecule has 1 N–H and O–H groups in total. The molecule has 2 heterocycles. The van der Waals surface area contributed by atoms with Crippen LogP contribution in [0, 0.1) is 0 Å². The molecule has 1 aromatic carbocycles. The van der Waals surface area contributed by atoms with Gasteiger partial charge in [-0.25, -0.2) is 4.68 Å². The van der Waals surface area contributed by atoms with E-state index < -0.39 is 0 Å². The summed E-state index contributed by atoms with van der Waals surface area (Å²) >= 11 is 0. The van der Waals surface area contributed by atoms with Crippen LogP contribution in [-0.4, -0.2) is 59.0 Å². The smallest absolute Gasteiger partial charge is 0.270 e. The molecule has 1 saturated heterocycles. The Morgan fingerprint density at radius 1 is 1.22 bits per heavy atom. The van der Waals surface area contributed by atoms with E-state index in [1.165, 1.54) is 0 Å². The minimum absolute atomic E-state index is 0.0698. The number of nitrogens with zero attached hydrogens (tertiary/aromatic N) is 3. The average Bonchev–Trinajstić information content (AvgIpc) is 3.46. The van der Waals surface area contributed by atoms with Crippen molar-refractivity contribution in [2.45, 2.75) is 38.1 Å². The summed E-state index contributed by atoms with van der Waals surface area (Å²) < 4.78 is 7.23. The molecule has 4 rings (SSSR count). The van der Waals surface area contributed by atoms with Crippen LogP contribution in [0.2, 0.25) is 0 Å². The SMILES string of the molecule is CC(C)(CNC(=O)c1cc(C2CC2)nn1-c1ccccc1)N1CCOCC1. The molecule has 0 unspecified atom stereocenters. The third-order valence-corrected chi connectivity index (χ3v) is 5.51. The molecule has 0 atom stereocenters. The number of ether oxygens (including phenoxy) is 1. The number of morpholine rings is 1. The van der Waals surface area contributed by atoms with Crippen molar-refractivity contribution in [2.75, 3.05) is 32.8 Å². The van der Waals surface area contributed by atoms with Gasteiger partial charge in [-0.1, -0.05) is 18.2 Å². The van der Waals surface area contributed by atoms with Crippen LogP contribution in [0.15, 0.2) is 36.4 Å². The number of benzene rings is 1. The molecular weight excluding hydrogens is 340 g/mol. The molecule has 27 heavy (non-hydrogen) atoms. The van der Waals surface area contributed by atoms with Gasteiger partial charge in [-0.3, -0.25) is 9.69 Å². The fraction of sp³-hybridized carbons (Fsp3) is 0.524.